The van der Waals surface area contributed by atoms with Crippen LogP contribution in [0.15, 0.2) is 12.3 Å². The monoisotopic (exact) mass is 112 g/mol. The molecule has 0 aromatic heterocycles. The predicted molar refractivity (Wildman–Crippen MR) is 17.4 cm³/mol. The number of hydrogen-bond acceptors (Lipinski definition) is 1. The third-order valence-electron chi connectivity index (χ3n) is 0.235. The van der Waals surface area contributed by atoms with Gasteiger partial charge in [-0.25, -0.2) is 4.39 Å². The van der Waals surface area contributed by atoms with E-state index in [1.54, 1.807) is 0 Å². The van der Waals surface area contributed by atoms with Crippen molar-refractivity contribution in [3.05, 3.63) is 12.3 Å². The Hall–Kier alpha value is -0.670. The van der Waals surface area contributed by atoms with E-state index in [2.05, 4.69) is 4.74 Å². The Morgan fingerprint density at radius 2 is 2.14 bits per heavy atom. The minimum atomic E-state index is -2.03. The van der Waals surface area contributed by atoms with Crippen LogP contribution in [0.1, 0.15) is 0 Å². The molecule has 0 heterocycles. The molecule has 0 atom stereocenters. The fourth-order valence-electron chi connectivity index (χ4n) is 0.0945. The fraction of sp³-hybridized carbons (Fsp3) is 0.333. The second kappa shape index (κ2) is 3.52. The average molecular weight is 112 g/mol. The predicted octanol–water partition coefficient (Wildman–Crippen LogP) is 1.67. The summed E-state index contributed by atoms with van der Waals surface area (Å²) in [4.78, 5) is 0. The zero-order valence-corrected chi connectivity index (χ0v) is 3.33. The maximum atomic E-state index is 10.8. The van der Waals surface area contributed by atoms with Crippen molar-refractivity contribution >= 4 is 0 Å². The lowest BCUT2D eigenvalue weighted by Gasteiger charge is -1.84. The van der Waals surface area contributed by atoms with Crippen molar-refractivity contribution in [2.24, 2.45) is 0 Å². The first-order valence-corrected chi connectivity index (χ1v) is 1.46. The van der Waals surface area contributed by atoms with Gasteiger partial charge in [0.15, 0.2) is 6.26 Å². The highest BCUT2D eigenvalue weighted by Gasteiger charge is 1.83. The molecule has 0 saturated heterocycles. The molecule has 0 saturated carbocycles. The molecule has 4 heteroatoms. The maximum absolute atomic E-state index is 10.8. The molecule has 0 aromatic rings. The molecule has 0 fully saturated rings. The summed E-state index contributed by atoms with van der Waals surface area (Å²) in [6, 6.07) is 0. The summed E-state index contributed by atoms with van der Waals surface area (Å²) in [5, 5.41) is 0. The first kappa shape index (κ1) is 6.33. The molecular weight excluding hydrogens is 109 g/mol. The number of alkyl halides is 1. The van der Waals surface area contributed by atoms with Crippen LogP contribution in [0.2, 0.25) is 0 Å². The number of ether oxygens (including phenoxy) is 1. The van der Waals surface area contributed by atoms with Crippen molar-refractivity contribution in [2.75, 3.05) is 6.86 Å². The highest BCUT2D eigenvalue weighted by molar-refractivity contribution is 4.68. The van der Waals surface area contributed by atoms with E-state index in [4.69, 9.17) is 0 Å². The lowest BCUT2D eigenvalue weighted by Crippen LogP contribution is -1.73. The molecule has 0 unspecified atom stereocenters. The first-order chi connectivity index (χ1) is 3.27. The number of halogens is 3. The Kier molecular flexibility index (Phi) is 3.18. The zero-order valence-electron chi connectivity index (χ0n) is 3.33. The van der Waals surface area contributed by atoms with Crippen LogP contribution < -0.4 is 0 Å². The lowest BCUT2D eigenvalue weighted by molar-refractivity contribution is 0.130. The van der Waals surface area contributed by atoms with Crippen molar-refractivity contribution in [1.29, 1.82) is 0 Å². The topological polar surface area (TPSA) is 9.23 Å². The summed E-state index contributed by atoms with van der Waals surface area (Å²) in [6.07, 6.45) is -1.97. The highest BCUT2D eigenvalue weighted by atomic mass is 19.3. The Balaban J connectivity index is 3.08. The number of hydrogen-bond donors (Lipinski definition) is 0. The summed E-state index contributed by atoms with van der Waals surface area (Å²) < 4.78 is 35.9. The van der Waals surface area contributed by atoms with E-state index in [1.165, 1.54) is 0 Å². The van der Waals surface area contributed by atoms with Gasteiger partial charge in [0.05, 0.1) is 0 Å². The molecule has 0 radical (unpaired) electrons. The van der Waals surface area contributed by atoms with Gasteiger partial charge in [-0.15, -0.1) is 0 Å². The normalized spacial score (nSPS) is 7.86. The second-order valence-corrected chi connectivity index (χ2v) is 0.683. The molecule has 0 aliphatic rings. The van der Waals surface area contributed by atoms with Crippen LogP contribution in [0.4, 0.5) is 13.2 Å². The fourth-order valence-corrected chi connectivity index (χ4v) is 0.0945. The molecule has 0 rings (SSSR count). The van der Waals surface area contributed by atoms with Gasteiger partial charge in [0.2, 0.25) is 6.86 Å². The third-order valence-corrected chi connectivity index (χ3v) is 0.235. The van der Waals surface area contributed by atoms with Gasteiger partial charge in [0.25, 0.3) is 0 Å². The number of rotatable bonds is 2. The minimum Gasteiger partial charge on any atom is -0.465 e. The SMILES string of the molecule is FCOC=C(F)F. The van der Waals surface area contributed by atoms with Gasteiger partial charge in [-0.1, -0.05) is 0 Å². The quantitative estimate of drug-likeness (QED) is 0.493. The molecular formula is C3H3F3O. The van der Waals surface area contributed by atoms with Crippen LogP contribution in [-0.2, 0) is 4.74 Å². The molecule has 0 aliphatic carbocycles. The van der Waals surface area contributed by atoms with Gasteiger partial charge in [0.1, 0.15) is 0 Å². The van der Waals surface area contributed by atoms with Crippen LogP contribution in [0.3, 0.4) is 0 Å². The van der Waals surface area contributed by atoms with E-state index in [0.717, 1.165) is 0 Å². The third kappa shape index (κ3) is 5.33. The van der Waals surface area contributed by atoms with E-state index in [-0.39, 0.29) is 6.26 Å². The summed E-state index contributed by atoms with van der Waals surface area (Å²) in [6.45, 7) is -1.21. The van der Waals surface area contributed by atoms with Gasteiger partial charge in [-0.3, -0.25) is 0 Å². The average Bonchev–Trinajstić information content (AvgIpc) is 1.61. The molecule has 0 spiro atoms. The van der Waals surface area contributed by atoms with Crippen LogP contribution in [0.5, 0.6) is 0 Å². The van der Waals surface area contributed by atoms with E-state index in [0.29, 0.717) is 0 Å². The highest BCUT2D eigenvalue weighted by Crippen LogP contribution is 1.95. The van der Waals surface area contributed by atoms with E-state index < -0.39 is 12.9 Å². The Bertz CT molecular complexity index is 66.6. The molecule has 0 N–H and O–H groups in total. The second-order valence-electron chi connectivity index (χ2n) is 0.683. The largest absolute Gasteiger partial charge is 0.465 e. The van der Waals surface area contributed by atoms with Crippen molar-refractivity contribution in [3.8, 4) is 0 Å². The van der Waals surface area contributed by atoms with Crippen molar-refractivity contribution in [2.45, 2.75) is 0 Å². The molecule has 42 valence electrons. The molecule has 0 aliphatic heterocycles. The van der Waals surface area contributed by atoms with Gasteiger partial charge in [-0.2, -0.15) is 8.78 Å². The van der Waals surface area contributed by atoms with Gasteiger partial charge in [-0.05, 0) is 0 Å². The lowest BCUT2D eigenvalue weighted by atomic mass is 11.0. The van der Waals surface area contributed by atoms with E-state index in [1.807, 2.05) is 0 Å². The molecule has 1 nitrogen and oxygen atoms in total. The Morgan fingerprint density at radius 1 is 1.57 bits per heavy atom. The summed E-state index contributed by atoms with van der Waals surface area (Å²) in [7, 11) is 0. The molecule has 7 heavy (non-hydrogen) atoms. The van der Waals surface area contributed by atoms with Gasteiger partial charge >= 0.3 is 6.08 Å². The van der Waals surface area contributed by atoms with Crippen LogP contribution in [0, 0.1) is 0 Å². The van der Waals surface area contributed by atoms with Crippen LogP contribution in [-0.4, -0.2) is 6.86 Å². The molecule has 0 bridgehead atoms. The smallest absolute Gasteiger partial charge is 0.304 e. The first-order valence-electron chi connectivity index (χ1n) is 1.46. The minimum absolute atomic E-state index is 0.0556. The van der Waals surface area contributed by atoms with Crippen LogP contribution >= 0.6 is 0 Å². The van der Waals surface area contributed by atoms with Crippen LogP contribution in [0.25, 0.3) is 0 Å². The van der Waals surface area contributed by atoms with E-state index in [9.17, 15) is 13.2 Å². The maximum Gasteiger partial charge on any atom is 0.304 e. The molecule has 0 amide bonds. The van der Waals surface area contributed by atoms with Crippen molar-refractivity contribution in [3.63, 3.8) is 0 Å². The Morgan fingerprint density at radius 3 is 2.29 bits per heavy atom. The standard InChI is InChI=1S/C3H3F3O/c4-2-7-1-3(5)6/h1H,2H2. The van der Waals surface area contributed by atoms with Gasteiger partial charge in [0, 0.05) is 0 Å². The Labute approximate surface area is 38.4 Å². The summed E-state index contributed by atoms with van der Waals surface area (Å²) in [5.74, 6) is 0. The van der Waals surface area contributed by atoms with Gasteiger partial charge < -0.3 is 4.74 Å². The molecule has 0 aromatic carbocycles. The van der Waals surface area contributed by atoms with Crippen molar-refractivity contribution in [1.82, 2.24) is 0 Å². The summed E-state index contributed by atoms with van der Waals surface area (Å²) >= 11 is 0. The zero-order chi connectivity index (χ0) is 5.70. The van der Waals surface area contributed by atoms with E-state index >= 15 is 0 Å². The summed E-state index contributed by atoms with van der Waals surface area (Å²) in [5.41, 5.74) is 0. The van der Waals surface area contributed by atoms with Crippen molar-refractivity contribution < 1.29 is 17.9 Å².